The first-order valence-electron chi connectivity index (χ1n) is 6.84. The number of hydrogen-bond acceptors (Lipinski definition) is 2. The lowest BCUT2D eigenvalue weighted by Gasteiger charge is -2.28. The average Bonchev–Trinajstić information content (AvgIpc) is 2.89. The molecular weight excluding hydrogens is 256 g/mol. The van der Waals surface area contributed by atoms with Gasteiger partial charge < -0.3 is 15.3 Å². The third-order valence-electron chi connectivity index (χ3n) is 3.82. The van der Waals surface area contributed by atoms with Crippen LogP contribution in [0.2, 0.25) is 0 Å². The minimum Gasteiger partial charge on any atom is -0.480 e. The summed E-state index contributed by atoms with van der Waals surface area (Å²) >= 11 is 0. The van der Waals surface area contributed by atoms with E-state index in [4.69, 9.17) is 0 Å². The third-order valence-corrected chi connectivity index (χ3v) is 3.82. The van der Waals surface area contributed by atoms with Gasteiger partial charge in [0, 0.05) is 13.6 Å². The van der Waals surface area contributed by atoms with Crippen molar-refractivity contribution in [3.8, 4) is 0 Å². The van der Waals surface area contributed by atoms with E-state index in [1.54, 1.807) is 7.05 Å². The molecule has 1 aliphatic rings. The largest absolute Gasteiger partial charge is 0.480 e. The fourth-order valence-corrected chi connectivity index (χ4v) is 2.60. The van der Waals surface area contributed by atoms with Crippen LogP contribution in [-0.2, 0) is 11.3 Å². The van der Waals surface area contributed by atoms with Crippen LogP contribution >= 0.6 is 0 Å². The summed E-state index contributed by atoms with van der Waals surface area (Å²) in [5, 5.41) is 12.1. The Bertz CT molecular complexity index is 481. The van der Waals surface area contributed by atoms with E-state index >= 15 is 0 Å². The van der Waals surface area contributed by atoms with E-state index in [1.165, 1.54) is 4.90 Å². The van der Waals surface area contributed by atoms with Gasteiger partial charge in [-0.1, -0.05) is 43.2 Å². The number of nitrogens with one attached hydrogen (secondary N) is 1. The summed E-state index contributed by atoms with van der Waals surface area (Å²) in [5.74, 6) is -0.934. The van der Waals surface area contributed by atoms with Crippen molar-refractivity contribution in [2.45, 2.75) is 37.8 Å². The highest BCUT2D eigenvalue weighted by Gasteiger charge is 2.43. The standard InChI is InChI=1S/C15H20N2O3/c1-17(11-12-7-3-2-4-8-12)14(20)16-15(13(18)19)9-5-6-10-15/h2-4,7-8H,5-6,9-11H2,1H3,(H,16,20)(H,18,19). The van der Waals surface area contributed by atoms with E-state index in [1.807, 2.05) is 30.3 Å². The molecular formula is C15H20N2O3. The molecule has 5 nitrogen and oxygen atoms in total. The quantitative estimate of drug-likeness (QED) is 0.886. The van der Waals surface area contributed by atoms with Crippen molar-refractivity contribution in [1.29, 1.82) is 0 Å². The number of carboxylic acid groups (broad SMARTS) is 1. The Hall–Kier alpha value is -2.04. The van der Waals surface area contributed by atoms with Gasteiger partial charge in [0.15, 0.2) is 0 Å². The van der Waals surface area contributed by atoms with Crippen molar-refractivity contribution < 1.29 is 14.7 Å². The molecule has 5 heteroatoms. The Balaban J connectivity index is 1.98. The maximum atomic E-state index is 12.2. The van der Waals surface area contributed by atoms with Gasteiger partial charge in [-0.3, -0.25) is 0 Å². The number of rotatable bonds is 4. The lowest BCUT2D eigenvalue weighted by Crippen LogP contribution is -2.55. The molecule has 2 rings (SSSR count). The number of carboxylic acids is 1. The van der Waals surface area contributed by atoms with Gasteiger partial charge in [0.2, 0.25) is 0 Å². The van der Waals surface area contributed by atoms with Crippen molar-refractivity contribution in [1.82, 2.24) is 10.2 Å². The molecule has 1 aromatic rings. The molecule has 1 fully saturated rings. The minimum absolute atomic E-state index is 0.335. The lowest BCUT2D eigenvalue weighted by atomic mass is 9.98. The number of nitrogens with zero attached hydrogens (tertiary/aromatic N) is 1. The van der Waals surface area contributed by atoms with Gasteiger partial charge in [0.1, 0.15) is 5.54 Å². The molecule has 108 valence electrons. The number of benzene rings is 1. The summed E-state index contributed by atoms with van der Waals surface area (Å²) in [6.07, 6.45) is 2.70. The van der Waals surface area contributed by atoms with Crippen molar-refractivity contribution in [2.75, 3.05) is 7.05 Å². The van der Waals surface area contributed by atoms with Crippen LogP contribution in [0.15, 0.2) is 30.3 Å². The van der Waals surface area contributed by atoms with Crippen LogP contribution in [0.3, 0.4) is 0 Å². The highest BCUT2D eigenvalue weighted by Crippen LogP contribution is 2.30. The smallest absolute Gasteiger partial charge is 0.329 e. The number of aliphatic carboxylic acids is 1. The summed E-state index contributed by atoms with van der Waals surface area (Å²) in [7, 11) is 1.67. The Morgan fingerprint density at radius 1 is 1.25 bits per heavy atom. The molecule has 0 saturated heterocycles. The zero-order valence-corrected chi connectivity index (χ0v) is 11.6. The second-order valence-electron chi connectivity index (χ2n) is 5.37. The molecule has 0 heterocycles. The topological polar surface area (TPSA) is 69.6 Å². The second-order valence-corrected chi connectivity index (χ2v) is 5.37. The molecule has 1 saturated carbocycles. The van der Waals surface area contributed by atoms with E-state index in [0.717, 1.165) is 18.4 Å². The zero-order chi connectivity index (χ0) is 14.6. The summed E-state index contributed by atoms with van der Waals surface area (Å²) < 4.78 is 0. The maximum absolute atomic E-state index is 12.2. The first-order chi connectivity index (χ1) is 9.53. The number of hydrogen-bond donors (Lipinski definition) is 2. The molecule has 0 radical (unpaired) electrons. The first kappa shape index (κ1) is 14.4. The fourth-order valence-electron chi connectivity index (χ4n) is 2.60. The molecule has 1 aliphatic carbocycles. The van der Waals surface area contributed by atoms with Crippen LogP contribution < -0.4 is 5.32 Å². The van der Waals surface area contributed by atoms with Gasteiger partial charge in [-0.15, -0.1) is 0 Å². The second kappa shape index (κ2) is 5.94. The van der Waals surface area contributed by atoms with Crippen LogP contribution in [-0.4, -0.2) is 34.6 Å². The normalized spacial score (nSPS) is 16.6. The fraction of sp³-hybridized carbons (Fsp3) is 0.467. The summed E-state index contributed by atoms with van der Waals surface area (Å²) in [6, 6.07) is 9.28. The van der Waals surface area contributed by atoms with Crippen molar-refractivity contribution in [3.05, 3.63) is 35.9 Å². The van der Waals surface area contributed by atoms with Crippen LogP contribution in [0, 0.1) is 0 Å². The molecule has 0 spiro atoms. The van der Waals surface area contributed by atoms with E-state index in [9.17, 15) is 14.7 Å². The molecule has 0 aliphatic heterocycles. The lowest BCUT2D eigenvalue weighted by molar-refractivity contribution is -0.144. The monoisotopic (exact) mass is 276 g/mol. The van der Waals surface area contributed by atoms with Gasteiger partial charge in [-0.2, -0.15) is 0 Å². The molecule has 0 unspecified atom stereocenters. The SMILES string of the molecule is CN(Cc1ccccc1)C(=O)NC1(C(=O)O)CCCC1. The first-order valence-corrected chi connectivity index (χ1v) is 6.84. The molecule has 2 amide bonds. The van der Waals surface area contributed by atoms with Gasteiger partial charge in [0.05, 0.1) is 0 Å². The average molecular weight is 276 g/mol. The Labute approximate surface area is 118 Å². The third kappa shape index (κ3) is 3.10. The highest BCUT2D eigenvalue weighted by atomic mass is 16.4. The van der Waals surface area contributed by atoms with Crippen LogP contribution in [0.4, 0.5) is 4.79 Å². The van der Waals surface area contributed by atoms with Crippen LogP contribution in [0.5, 0.6) is 0 Å². The summed E-state index contributed by atoms with van der Waals surface area (Å²) in [5.41, 5.74) is -0.0666. The van der Waals surface area contributed by atoms with Gasteiger partial charge in [-0.25, -0.2) is 9.59 Å². The van der Waals surface area contributed by atoms with E-state index < -0.39 is 11.5 Å². The highest BCUT2D eigenvalue weighted by molar-refractivity contribution is 5.86. The summed E-state index contributed by atoms with van der Waals surface area (Å²) in [4.78, 5) is 25.1. The number of carbonyl (C=O) groups is 2. The maximum Gasteiger partial charge on any atom is 0.329 e. The van der Waals surface area contributed by atoms with E-state index in [-0.39, 0.29) is 6.03 Å². The number of urea groups is 1. The van der Waals surface area contributed by atoms with Crippen molar-refractivity contribution >= 4 is 12.0 Å². The number of amides is 2. The van der Waals surface area contributed by atoms with E-state index in [2.05, 4.69) is 5.32 Å². The Morgan fingerprint density at radius 2 is 1.85 bits per heavy atom. The number of carbonyl (C=O) groups excluding carboxylic acids is 1. The van der Waals surface area contributed by atoms with Gasteiger partial charge in [-0.05, 0) is 18.4 Å². The van der Waals surface area contributed by atoms with Crippen molar-refractivity contribution in [2.24, 2.45) is 0 Å². The van der Waals surface area contributed by atoms with Gasteiger partial charge in [0.25, 0.3) is 0 Å². The van der Waals surface area contributed by atoms with Gasteiger partial charge >= 0.3 is 12.0 Å². The molecule has 0 atom stereocenters. The minimum atomic E-state index is -1.08. The molecule has 0 bridgehead atoms. The molecule has 20 heavy (non-hydrogen) atoms. The Morgan fingerprint density at radius 3 is 2.40 bits per heavy atom. The van der Waals surface area contributed by atoms with Crippen molar-refractivity contribution in [3.63, 3.8) is 0 Å². The summed E-state index contributed by atoms with van der Waals surface area (Å²) in [6.45, 7) is 0.461. The van der Waals surface area contributed by atoms with E-state index in [0.29, 0.717) is 19.4 Å². The Kier molecular flexibility index (Phi) is 4.27. The predicted octanol–water partition coefficient (Wildman–Crippen LogP) is 2.23. The molecule has 1 aromatic carbocycles. The molecule has 2 N–H and O–H groups in total. The zero-order valence-electron chi connectivity index (χ0n) is 11.6. The van der Waals surface area contributed by atoms with Crippen LogP contribution in [0.1, 0.15) is 31.2 Å². The van der Waals surface area contributed by atoms with Crippen LogP contribution in [0.25, 0.3) is 0 Å². The predicted molar refractivity (Wildman–Crippen MR) is 75.3 cm³/mol. The molecule has 0 aromatic heterocycles.